The molecule has 0 radical (unpaired) electrons. The van der Waals surface area contributed by atoms with Gasteiger partial charge in [-0.05, 0) is 98.7 Å². The number of nitrogens with zero attached hydrogens (tertiary/aromatic N) is 1. The number of benzene rings is 2. The van der Waals surface area contributed by atoms with Crippen molar-refractivity contribution in [3.8, 4) is 5.75 Å². The number of carbonyl (C=O) groups is 1. The minimum atomic E-state index is -3.63. The molecular formula is C34H47ClN2O6S. The summed E-state index contributed by atoms with van der Waals surface area (Å²) in [4.78, 5) is 15.3. The molecule has 1 fully saturated rings. The summed E-state index contributed by atoms with van der Waals surface area (Å²) in [6.45, 7) is 9.81. The first-order valence-electron chi connectivity index (χ1n) is 15.6. The van der Waals surface area contributed by atoms with Crippen LogP contribution >= 0.6 is 11.6 Å². The normalized spacial score (nSPS) is 22.3. The molecule has 0 aromatic heterocycles. The van der Waals surface area contributed by atoms with Crippen molar-refractivity contribution in [1.82, 2.24) is 0 Å². The lowest BCUT2D eigenvalue weighted by Crippen LogP contribution is -2.51. The van der Waals surface area contributed by atoms with Crippen molar-refractivity contribution in [1.29, 1.82) is 0 Å². The lowest BCUT2D eigenvalue weighted by Gasteiger charge is -2.51. The first-order chi connectivity index (χ1) is 20.8. The van der Waals surface area contributed by atoms with Gasteiger partial charge in [0.15, 0.2) is 0 Å². The van der Waals surface area contributed by atoms with Gasteiger partial charge in [0.25, 0.3) is 0 Å². The quantitative estimate of drug-likeness (QED) is 0.230. The topological polar surface area (TPSA) is 119 Å². The van der Waals surface area contributed by atoms with Crippen LogP contribution in [0.4, 0.5) is 5.69 Å². The van der Waals surface area contributed by atoms with Crippen molar-refractivity contribution in [3.05, 3.63) is 70.3 Å². The summed E-state index contributed by atoms with van der Waals surface area (Å²) in [5, 5.41) is 16.5. The Hall–Kier alpha value is -2.59. The van der Waals surface area contributed by atoms with Gasteiger partial charge in [0, 0.05) is 23.5 Å². The van der Waals surface area contributed by atoms with Gasteiger partial charge in [-0.2, -0.15) is 0 Å². The summed E-state index contributed by atoms with van der Waals surface area (Å²) in [6, 6.07) is 11.4. The van der Waals surface area contributed by atoms with Crippen LogP contribution in [0.25, 0.3) is 0 Å². The van der Waals surface area contributed by atoms with Crippen LogP contribution in [0.15, 0.2) is 48.6 Å². The number of carbonyl (C=O) groups excluding carboxylic acids is 1. The summed E-state index contributed by atoms with van der Waals surface area (Å²) in [5.41, 5.74) is 3.20. The highest BCUT2D eigenvalue weighted by atomic mass is 35.5. The zero-order valence-electron chi connectivity index (χ0n) is 26.3. The van der Waals surface area contributed by atoms with Gasteiger partial charge in [-0.1, -0.05) is 50.6 Å². The molecule has 4 rings (SSSR count). The third-order valence-electron chi connectivity index (χ3n) is 9.19. The average molecular weight is 647 g/mol. The monoisotopic (exact) mass is 646 g/mol. The number of allylic oxidation sites excluding steroid dienone is 1. The Balaban J connectivity index is 1.60. The molecule has 0 saturated heterocycles. The van der Waals surface area contributed by atoms with E-state index < -0.39 is 21.4 Å². The van der Waals surface area contributed by atoms with E-state index in [2.05, 4.69) is 11.8 Å². The molecular weight excluding hydrogens is 600 g/mol. The molecule has 4 atom stereocenters. The van der Waals surface area contributed by atoms with E-state index in [0.717, 1.165) is 49.9 Å². The summed E-state index contributed by atoms with van der Waals surface area (Å²) in [7, 11) is -3.63. The van der Waals surface area contributed by atoms with Gasteiger partial charge >= 0.3 is 5.97 Å². The van der Waals surface area contributed by atoms with Crippen LogP contribution in [-0.4, -0.2) is 50.5 Å². The molecule has 1 saturated carbocycles. The zero-order chi connectivity index (χ0) is 32.1. The van der Waals surface area contributed by atoms with Crippen molar-refractivity contribution in [2.45, 2.75) is 84.2 Å². The average Bonchev–Trinajstić information content (AvgIpc) is 3.00. The van der Waals surface area contributed by atoms with Gasteiger partial charge in [-0.3, -0.25) is 0 Å². The molecule has 1 aliphatic heterocycles. The molecule has 0 unspecified atom stereocenters. The van der Waals surface area contributed by atoms with E-state index in [1.165, 1.54) is 5.56 Å². The number of anilines is 1. The predicted octanol–water partition coefficient (Wildman–Crippen LogP) is 6.28. The molecule has 0 amide bonds. The molecule has 2 aromatic carbocycles. The Morgan fingerprint density at radius 1 is 1.20 bits per heavy atom. The number of aryl methyl sites for hydroxylation is 1. The molecule has 10 heteroatoms. The number of aliphatic hydroxyl groups excluding tert-OH is 1. The Bertz CT molecular complexity index is 1450. The first kappa shape index (κ1) is 34.3. The number of halogens is 1. The third kappa shape index (κ3) is 8.56. The summed E-state index contributed by atoms with van der Waals surface area (Å²) in [6.07, 6.45) is 7.51. The maximum Gasteiger partial charge on any atom is 0.338 e. The molecule has 8 nitrogen and oxygen atoms in total. The van der Waals surface area contributed by atoms with Crippen molar-refractivity contribution < 1.29 is 27.8 Å². The maximum absolute atomic E-state index is 13.0. The van der Waals surface area contributed by atoms with Gasteiger partial charge < -0.3 is 19.5 Å². The summed E-state index contributed by atoms with van der Waals surface area (Å²) >= 11 is 6.32. The molecule has 44 heavy (non-hydrogen) atoms. The lowest BCUT2D eigenvalue weighted by molar-refractivity contribution is -0.0466. The Labute approximate surface area is 267 Å². The van der Waals surface area contributed by atoms with E-state index >= 15 is 0 Å². The maximum atomic E-state index is 13.0. The summed E-state index contributed by atoms with van der Waals surface area (Å²) in [5.74, 6) is 0.723. The highest BCUT2D eigenvalue weighted by Gasteiger charge is 2.47. The number of fused-ring (bicyclic) bond motifs is 2. The molecule has 3 N–H and O–H groups in total. The summed E-state index contributed by atoms with van der Waals surface area (Å²) < 4.78 is 35.2. The predicted molar refractivity (Wildman–Crippen MR) is 176 cm³/mol. The molecule has 2 aromatic rings. The van der Waals surface area contributed by atoms with Crippen LogP contribution in [0, 0.1) is 17.3 Å². The van der Waals surface area contributed by atoms with Gasteiger partial charge in [-0.25, -0.2) is 18.4 Å². The fourth-order valence-corrected chi connectivity index (χ4v) is 6.48. The number of ether oxygens (including phenoxy) is 2. The minimum absolute atomic E-state index is 0.170. The standard InChI is InChI=1S/C34H47ClN2O6S/c1-23(2)21-43-33(39)26-12-14-31-30(19-26)37(17-6-5-9-25-18-29(35)13-11-27(25)22-42-31)20-28-15-16-34(28,4)32(38)10-7-8-24(3)44(36,40)41/h7,10-14,18-19,23-24,28,32,38H,5-6,8-9,15-17,20-22H2,1-4H3,(H2,36,40,41)/b10-7+/t24-,28-,32-,34+/m1/s1. The molecule has 242 valence electrons. The third-order valence-corrected chi connectivity index (χ3v) is 10.7. The van der Waals surface area contributed by atoms with E-state index in [9.17, 15) is 18.3 Å². The second-order valence-electron chi connectivity index (χ2n) is 13.0. The number of esters is 1. The van der Waals surface area contributed by atoms with Crippen LogP contribution in [0.5, 0.6) is 5.75 Å². The van der Waals surface area contributed by atoms with Crippen molar-refractivity contribution in [2.24, 2.45) is 22.4 Å². The van der Waals surface area contributed by atoms with Crippen molar-refractivity contribution in [2.75, 3.05) is 24.6 Å². The van der Waals surface area contributed by atoms with Crippen molar-refractivity contribution in [3.63, 3.8) is 0 Å². The van der Waals surface area contributed by atoms with Gasteiger partial charge in [-0.15, -0.1) is 0 Å². The van der Waals surface area contributed by atoms with Crippen LogP contribution in [0.2, 0.25) is 5.02 Å². The molecule has 2 aliphatic rings. The molecule has 1 heterocycles. The van der Waals surface area contributed by atoms with E-state index in [1.807, 2.05) is 44.2 Å². The smallest absolute Gasteiger partial charge is 0.338 e. The van der Waals surface area contributed by atoms with Crippen LogP contribution < -0.4 is 14.8 Å². The number of aliphatic hydroxyl groups is 1. The van der Waals surface area contributed by atoms with Gasteiger partial charge in [0.05, 0.1) is 29.2 Å². The minimum Gasteiger partial charge on any atom is -0.487 e. The largest absolute Gasteiger partial charge is 0.487 e. The van der Waals surface area contributed by atoms with Crippen molar-refractivity contribution >= 4 is 33.3 Å². The van der Waals surface area contributed by atoms with Crippen LogP contribution in [-0.2, 0) is 27.8 Å². The van der Waals surface area contributed by atoms with Crippen LogP contribution in [0.3, 0.4) is 0 Å². The zero-order valence-corrected chi connectivity index (χ0v) is 27.9. The highest BCUT2D eigenvalue weighted by molar-refractivity contribution is 7.89. The molecule has 0 bridgehead atoms. The fourth-order valence-electron chi connectivity index (χ4n) is 5.90. The Morgan fingerprint density at radius 3 is 2.66 bits per heavy atom. The molecule has 0 spiro atoms. The Kier molecular flexibility index (Phi) is 11.4. The van der Waals surface area contributed by atoms with E-state index in [1.54, 1.807) is 25.1 Å². The molecule has 1 aliphatic carbocycles. The fraction of sp³-hybridized carbons (Fsp3) is 0.559. The number of hydrogen-bond donors (Lipinski definition) is 2. The lowest BCUT2D eigenvalue weighted by atomic mass is 9.58. The highest BCUT2D eigenvalue weighted by Crippen LogP contribution is 2.50. The number of nitrogens with two attached hydrogens (primary N) is 1. The SMILES string of the molecule is CC(C)COC(=O)c1ccc2c(c1)N(C[C@H]1CC[C@]1(C)[C@H](O)/C=C/C[C@@H](C)S(N)(=O)=O)CCCCc1cc(Cl)ccc1CO2. The number of sulfonamides is 1. The second-order valence-corrected chi connectivity index (χ2v) is 15.4. The van der Waals surface area contributed by atoms with E-state index in [4.69, 9.17) is 26.2 Å². The van der Waals surface area contributed by atoms with Gasteiger partial charge in [0.1, 0.15) is 12.4 Å². The Morgan fingerprint density at radius 2 is 1.98 bits per heavy atom. The van der Waals surface area contributed by atoms with Crippen LogP contribution in [0.1, 0.15) is 81.3 Å². The number of hydrogen-bond acceptors (Lipinski definition) is 7. The number of primary sulfonamides is 1. The van der Waals surface area contributed by atoms with E-state index in [-0.39, 0.29) is 29.6 Å². The first-order valence-corrected chi connectivity index (χ1v) is 17.6. The number of rotatable bonds is 10. The van der Waals surface area contributed by atoms with Gasteiger partial charge in [0.2, 0.25) is 10.0 Å². The van der Waals surface area contributed by atoms with E-state index in [0.29, 0.717) is 36.1 Å². The second kappa shape index (κ2) is 14.7.